The monoisotopic (exact) mass is 838 g/mol. The van der Waals surface area contributed by atoms with Crippen molar-refractivity contribution in [1.82, 2.24) is 25.3 Å². The largest absolute Gasteiger partial charge is 0.399 e. The Morgan fingerprint density at radius 2 is 1.50 bits per heavy atom. The number of methoxy groups -OCH3 is 2. The number of carbonyl (C=O) groups is 4. The van der Waals surface area contributed by atoms with Gasteiger partial charge in [-0.25, -0.2) is 0 Å². The number of nitrogens with one attached hydrogen (secondary N) is 3. The fraction of sp³-hybridized carbons (Fsp3) is 0.652. The van der Waals surface area contributed by atoms with Crippen LogP contribution in [0.5, 0.6) is 0 Å². The molecule has 0 saturated carbocycles. The third-order valence-electron chi connectivity index (χ3n) is 12.2. The lowest BCUT2D eigenvalue weighted by molar-refractivity contribution is -0.146. The molecule has 1 aliphatic rings. The minimum Gasteiger partial charge on any atom is -0.399 e. The predicted octanol–water partition coefficient (Wildman–Crippen LogP) is 4.37. The Labute approximate surface area is 359 Å². The molecule has 2 aromatic rings. The summed E-state index contributed by atoms with van der Waals surface area (Å²) in [6.45, 7) is 14.3. The van der Waals surface area contributed by atoms with Gasteiger partial charge in [-0.15, -0.1) is 0 Å². The minimum absolute atomic E-state index is 0.00401. The molecule has 4 amide bonds. The summed E-state index contributed by atoms with van der Waals surface area (Å²) in [5.41, 5.74) is 7.87. The molecule has 1 fully saturated rings. The standard InChI is InChI=1S/C46H75N7O7/c1-13-30(6)41(52(10)46(58)39(28(2)3)50-45(57)40(29(4)5)51(8)9)37(59-11)27-38(54)53-25-17-20-36(53)42(60-12)31(7)43(55)49-35(26-32-18-15-14-16-19-32)44(56)48-34-23-21-33(47)22-24-34/h14-16,18-19,21-24,28-31,35-42,54H,13,17,20,25-27,47H2,1-12H3,(H,48,56)(H,49,55)(H,50,57)/t30-,31?,35-,36-,37+,38?,39-,40-,41-,42+/m0/s1. The average Bonchev–Trinajstić information content (AvgIpc) is 3.69. The number of carbonyl (C=O) groups excluding carboxylic acids is 4. The number of hydrogen-bond donors (Lipinski definition) is 5. The number of amides is 4. The van der Waals surface area contributed by atoms with Crippen LogP contribution in [0.3, 0.4) is 0 Å². The third-order valence-corrected chi connectivity index (χ3v) is 12.2. The fourth-order valence-corrected chi connectivity index (χ4v) is 8.75. The van der Waals surface area contributed by atoms with Crippen LogP contribution in [-0.4, -0.2) is 134 Å². The first-order valence-electron chi connectivity index (χ1n) is 21.6. The Hall–Kier alpha value is -4.08. The number of nitrogen functional groups attached to an aromatic ring is 1. The topological polar surface area (TPSA) is 179 Å². The fourth-order valence-electron chi connectivity index (χ4n) is 8.75. The molecule has 2 unspecified atom stereocenters. The first-order valence-corrected chi connectivity index (χ1v) is 21.6. The second kappa shape index (κ2) is 23.8. The predicted molar refractivity (Wildman–Crippen MR) is 238 cm³/mol. The van der Waals surface area contributed by atoms with E-state index in [1.54, 1.807) is 57.4 Å². The van der Waals surface area contributed by atoms with Crippen LogP contribution in [0.4, 0.5) is 11.4 Å². The quantitative estimate of drug-likeness (QED) is 0.101. The summed E-state index contributed by atoms with van der Waals surface area (Å²) < 4.78 is 12.2. The molecule has 1 aliphatic heterocycles. The molecule has 0 aliphatic carbocycles. The van der Waals surface area contributed by atoms with Crippen LogP contribution in [0.15, 0.2) is 54.6 Å². The second-order valence-corrected chi connectivity index (χ2v) is 17.5. The Kier molecular flexibility index (Phi) is 19.9. The van der Waals surface area contributed by atoms with Crippen molar-refractivity contribution in [3.05, 3.63) is 60.2 Å². The number of hydrogen-bond acceptors (Lipinski definition) is 10. The van der Waals surface area contributed by atoms with Crippen molar-refractivity contribution in [2.24, 2.45) is 23.7 Å². The van der Waals surface area contributed by atoms with Crippen molar-refractivity contribution in [2.45, 2.75) is 129 Å². The van der Waals surface area contributed by atoms with Gasteiger partial charge in [-0.1, -0.05) is 85.2 Å². The van der Waals surface area contributed by atoms with Crippen molar-refractivity contribution in [1.29, 1.82) is 0 Å². The van der Waals surface area contributed by atoms with E-state index < -0.39 is 48.5 Å². The lowest BCUT2D eigenvalue weighted by atomic mass is 9.89. The van der Waals surface area contributed by atoms with E-state index in [4.69, 9.17) is 15.2 Å². The molecule has 6 N–H and O–H groups in total. The maximum absolute atomic E-state index is 14.3. The van der Waals surface area contributed by atoms with E-state index in [1.165, 1.54) is 0 Å². The molecule has 2 aromatic carbocycles. The van der Waals surface area contributed by atoms with Crippen molar-refractivity contribution in [3.8, 4) is 0 Å². The lowest BCUT2D eigenvalue weighted by Gasteiger charge is -2.42. The molecule has 0 spiro atoms. The molecule has 3 rings (SSSR count). The van der Waals surface area contributed by atoms with Gasteiger partial charge in [0, 0.05) is 58.1 Å². The first kappa shape index (κ1) is 50.3. The van der Waals surface area contributed by atoms with Gasteiger partial charge in [-0.2, -0.15) is 0 Å². The van der Waals surface area contributed by atoms with Crippen LogP contribution in [0.1, 0.15) is 79.7 Å². The van der Waals surface area contributed by atoms with Crippen LogP contribution in [-0.2, 0) is 35.1 Å². The Morgan fingerprint density at radius 3 is 2.03 bits per heavy atom. The van der Waals surface area contributed by atoms with Gasteiger partial charge in [0.2, 0.25) is 23.6 Å². The van der Waals surface area contributed by atoms with Gasteiger partial charge in [-0.05, 0) is 74.5 Å². The van der Waals surface area contributed by atoms with Gasteiger partial charge in [-0.3, -0.25) is 29.0 Å². The van der Waals surface area contributed by atoms with Gasteiger partial charge in [0.15, 0.2) is 0 Å². The summed E-state index contributed by atoms with van der Waals surface area (Å²) in [7, 11) is 8.64. The minimum atomic E-state index is -0.977. The Balaban J connectivity index is 1.81. The molecule has 14 heteroatoms. The van der Waals surface area contributed by atoms with Crippen LogP contribution >= 0.6 is 0 Å². The van der Waals surface area contributed by atoms with Gasteiger partial charge in [0.1, 0.15) is 18.3 Å². The molecule has 0 bridgehead atoms. The molecule has 1 saturated heterocycles. The highest BCUT2D eigenvalue weighted by Crippen LogP contribution is 2.31. The zero-order valence-corrected chi connectivity index (χ0v) is 38.2. The zero-order valence-electron chi connectivity index (χ0n) is 38.2. The lowest BCUT2D eigenvalue weighted by Crippen LogP contribution is -2.60. The number of likely N-dealkylation sites (N-methyl/N-ethyl adjacent to an activating group) is 2. The normalized spacial score (nSPS) is 19.2. The molecule has 14 nitrogen and oxygen atoms in total. The molecule has 10 atom stereocenters. The van der Waals surface area contributed by atoms with Gasteiger partial charge >= 0.3 is 0 Å². The second-order valence-electron chi connectivity index (χ2n) is 17.5. The maximum Gasteiger partial charge on any atom is 0.247 e. The summed E-state index contributed by atoms with van der Waals surface area (Å²) in [5.74, 6) is -1.94. The molecule has 1 heterocycles. The summed E-state index contributed by atoms with van der Waals surface area (Å²) >= 11 is 0. The van der Waals surface area contributed by atoms with Crippen LogP contribution in [0.25, 0.3) is 0 Å². The van der Waals surface area contributed by atoms with Crippen molar-refractivity contribution < 1.29 is 33.8 Å². The highest BCUT2D eigenvalue weighted by atomic mass is 16.5. The van der Waals surface area contributed by atoms with E-state index >= 15 is 0 Å². The number of aliphatic hydroxyl groups is 1. The molecular formula is C46H75N7O7. The summed E-state index contributed by atoms with van der Waals surface area (Å²) in [5, 5.41) is 21.0. The smallest absolute Gasteiger partial charge is 0.247 e. The van der Waals surface area contributed by atoms with E-state index in [0.29, 0.717) is 24.3 Å². The van der Waals surface area contributed by atoms with E-state index in [-0.39, 0.29) is 60.3 Å². The van der Waals surface area contributed by atoms with Gasteiger partial charge in [0.25, 0.3) is 0 Å². The average molecular weight is 838 g/mol. The number of anilines is 2. The molecular weight excluding hydrogens is 763 g/mol. The van der Waals surface area contributed by atoms with E-state index in [1.807, 2.05) is 81.9 Å². The van der Waals surface area contributed by atoms with Crippen LogP contribution in [0, 0.1) is 23.7 Å². The third kappa shape index (κ3) is 13.5. The summed E-state index contributed by atoms with van der Waals surface area (Å²) in [4.78, 5) is 61.1. The van der Waals surface area contributed by atoms with E-state index in [2.05, 4.69) is 29.8 Å². The number of nitrogens with zero attached hydrogens (tertiary/aromatic N) is 3. The molecule has 336 valence electrons. The van der Waals surface area contributed by atoms with E-state index in [0.717, 1.165) is 18.4 Å². The van der Waals surface area contributed by atoms with Crippen LogP contribution in [0.2, 0.25) is 0 Å². The SMILES string of the molecule is CC[C@H](C)[C@@H]([C@@H](CC(O)N1CCC[C@H]1[C@H](OC)C(C)C(=O)N[C@@H](Cc1ccccc1)C(=O)Nc1ccc(N)cc1)OC)N(C)C(=O)[C@@H](NC(=O)[C@H](C(C)C)N(C)C)C(C)C. The number of aliphatic hydroxyl groups excluding tert-OH is 1. The number of likely N-dealkylation sites (tertiary alicyclic amines) is 1. The summed E-state index contributed by atoms with van der Waals surface area (Å²) in [6.07, 6.45) is 0.537. The highest BCUT2D eigenvalue weighted by molar-refractivity contribution is 5.97. The van der Waals surface area contributed by atoms with Crippen LogP contribution < -0.4 is 21.7 Å². The molecule has 60 heavy (non-hydrogen) atoms. The summed E-state index contributed by atoms with van der Waals surface area (Å²) in [6, 6.07) is 13.6. The molecule has 0 radical (unpaired) electrons. The van der Waals surface area contributed by atoms with Crippen molar-refractivity contribution >= 4 is 35.0 Å². The Morgan fingerprint density at radius 1 is 0.867 bits per heavy atom. The van der Waals surface area contributed by atoms with Gasteiger partial charge in [0.05, 0.1) is 30.2 Å². The van der Waals surface area contributed by atoms with Crippen molar-refractivity contribution in [3.63, 3.8) is 0 Å². The van der Waals surface area contributed by atoms with Gasteiger partial charge < -0.3 is 41.2 Å². The number of ether oxygens (including phenoxy) is 2. The number of nitrogens with two attached hydrogens (primary N) is 1. The van der Waals surface area contributed by atoms with Crippen molar-refractivity contribution in [2.75, 3.05) is 53.0 Å². The number of rotatable bonds is 23. The zero-order chi connectivity index (χ0) is 44.8. The Bertz CT molecular complexity index is 1640. The maximum atomic E-state index is 14.3. The molecule has 0 aromatic heterocycles. The number of benzene rings is 2. The van der Waals surface area contributed by atoms with E-state index in [9.17, 15) is 24.3 Å². The highest BCUT2D eigenvalue weighted by Gasteiger charge is 2.44. The first-order chi connectivity index (χ1) is 28.4.